The van der Waals surface area contributed by atoms with Crippen molar-refractivity contribution in [1.29, 1.82) is 0 Å². The van der Waals surface area contributed by atoms with Gasteiger partial charge in [0.2, 0.25) is 0 Å². The first-order valence-electron chi connectivity index (χ1n) is 5.64. The molecule has 100 valence electrons. The highest BCUT2D eigenvalue weighted by Crippen LogP contribution is 2.16. The molecule has 1 aromatic rings. The lowest BCUT2D eigenvalue weighted by atomic mass is 10.1. The van der Waals surface area contributed by atoms with E-state index >= 15 is 0 Å². The maximum Gasteiger partial charge on any atom is 0.327 e. The molecule has 2 N–H and O–H groups in total. The molecule has 5 heteroatoms. The molecule has 0 unspecified atom stereocenters. The largest absolute Gasteiger partial charge is 0.480 e. The zero-order valence-corrected chi connectivity index (χ0v) is 10.5. The van der Waals surface area contributed by atoms with Crippen molar-refractivity contribution in [2.75, 3.05) is 7.11 Å². The first-order chi connectivity index (χ1) is 9.10. The van der Waals surface area contributed by atoms with Gasteiger partial charge in [-0.2, -0.15) is 0 Å². The smallest absolute Gasteiger partial charge is 0.327 e. The molecule has 0 saturated carbocycles. The van der Waals surface area contributed by atoms with Gasteiger partial charge in [0.15, 0.2) is 6.10 Å². The molecule has 2 atom stereocenters. The number of carboxylic acids is 1. The van der Waals surface area contributed by atoms with Gasteiger partial charge in [0, 0.05) is 13.5 Å². The van der Waals surface area contributed by atoms with Crippen LogP contribution in [-0.4, -0.2) is 30.1 Å². The van der Waals surface area contributed by atoms with E-state index in [0.29, 0.717) is 5.56 Å². The molecule has 1 aromatic carbocycles. The monoisotopic (exact) mass is 261 g/mol. The average molecular weight is 261 g/mol. The molecule has 0 aliphatic rings. The van der Waals surface area contributed by atoms with Crippen molar-refractivity contribution in [2.24, 2.45) is 0 Å². The number of terminal acetylenes is 1. The minimum atomic E-state index is -1.17. The summed E-state index contributed by atoms with van der Waals surface area (Å²) < 4.78 is 5.10. The predicted molar refractivity (Wildman–Crippen MR) is 69.2 cm³/mol. The highest BCUT2D eigenvalue weighted by molar-refractivity contribution is 5.87. The number of rotatable bonds is 6. The van der Waals surface area contributed by atoms with Gasteiger partial charge >= 0.3 is 5.97 Å². The Balaban J connectivity index is 2.80. The molecule has 0 aliphatic carbocycles. The number of carbonyl (C=O) groups excluding carboxylic acids is 1. The van der Waals surface area contributed by atoms with Gasteiger partial charge in [0.1, 0.15) is 6.04 Å². The van der Waals surface area contributed by atoms with Crippen molar-refractivity contribution in [3.63, 3.8) is 0 Å². The van der Waals surface area contributed by atoms with Gasteiger partial charge in [0.05, 0.1) is 0 Å². The van der Waals surface area contributed by atoms with Crippen molar-refractivity contribution in [3.8, 4) is 12.3 Å². The van der Waals surface area contributed by atoms with Crippen LogP contribution in [0.25, 0.3) is 0 Å². The molecule has 5 nitrogen and oxygen atoms in total. The molecule has 0 aromatic heterocycles. The molecule has 0 spiro atoms. The number of nitrogens with one attached hydrogen (secondary N) is 1. The minimum absolute atomic E-state index is 0.0771. The van der Waals surface area contributed by atoms with Crippen molar-refractivity contribution < 1.29 is 19.4 Å². The Hall–Kier alpha value is -2.32. The summed E-state index contributed by atoms with van der Waals surface area (Å²) in [5.74, 6) is 0.512. The van der Waals surface area contributed by atoms with Crippen LogP contribution in [0.4, 0.5) is 0 Å². The van der Waals surface area contributed by atoms with Crippen LogP contribution in [0.2, 0.25) is 0 Å². The number of benzene rings is 1. The predicted octanol–water partition coefficient (Wildman–Crippen LogP) is 0.967. The molecule has 1 amide bonds. The van der Waals surface area contributed by atoms with Crippen molar-refractivity contribution in [2.45, 2.75) is 18.6 Å². The van der Waals surface area contributed by atoms with Gasteiger partial charge in [-0.05, 0) is 5.56 Å². The molecular formula is C14H15NO4. The van der Waals surface area contributed by atoms with Crippen molar-refractivity contribution >= 4 is 11.9 Å². The van der Waals surface area contributed by atoms with E-state index in [2.05, 4.69) is 11.2 Å². The van der Waals surface area contributed by atoms with E-state index in [1.165, 1.54) is 7.11 Å². The topological polar surface area (TPSA) is 75.6 Å². The number of carbonyl (C=O) groups is 2. The summed E-state index contributed by atoms with van der Waals surface area (Å²) in [7, 11) is 1.38. The van der Waals surface area contributed by atoms with E-state index in [-0.39, 0.29) is 6.42 Å². The Morgan fingerprint density at radius 2 is 2.05 bits per heavy atom. The summed E-state index contributed by atoms with van der Waals surface area (Å²) in [4.78, 5) is 22.9. The SMILES string of the molecule is C#CC[C@@H](NC(=O)[C@@H](OC)c1ccccc1)C(=O)O. The zero-order valence-electron chi connectivity index (χ0n) is 10.5. The van der Waals surface area contributed by atoms with Crippen LogP contribution < -0.4 is 5.32 Å². The van der Waals surface area contributed by atoms with Crippen LogP contribution in [0.5, 0.6) is 0 Å². The van der Waals surface area contributed by atoms with E-state index < -0.39 is 24.0 Å². The molecule has 0 heterocycles. The number of hydrogen-bond donors (Lipinski definition) is 2. The maximum atomic E-state index is 12.0. The normalized spacial score (nSPS) is 13.1. The first kappa shape index (κ1) is 14.7. The maximum absolute atomic E-state index is 12.0. The van der Waals surface area contributed by atoms with Crippen LogP contribution in [0.1, 0.15) is 18.1 Å². The van der Waals surface area contributed by atoms with E-state index in [9.17, 15) is 9.59 Å². The third kappa shape index (κ3) is 4.12. The van der Waals surface area contributed by atoms with Crippen LogP contribution in [-0.2, 0) is 14.3 Å². The van der Waals surface area contributed by atoms with Gasteiger partial charge in [0.25, 0.3) is 5.91 Å². The minimum Gasteiger partial charge on any atom is -0.480 e. The van der Waals surface area contributed by atoms with Crippen LogP contribution >= 0.6 is 0 Å². The molecule has 1 rings (SSSR count). The lowest BCUT2D eigenvalue weighted by Crippen LogP contribution is -2.43. The summed E-state index contributed by atoms with van der Waals surface area (Å²) in [6.07, 6.45) is 4.13. The summed E-state index contributed by atoms with van der Waals surface area (Å²) >= 11 is 0. The fourth-order valence-corrected chi connectivity index (χ4v) is 1.59. The summed E-state index contributed by atoms with van der Waals surface area (Å²) in [5.41, 5.74) is 0.646. The van der Waals surface area contributed by atoms with Gasteiger partial charge < -0.3 is 15.2 Å². The summed E-state index contributed by atoms with van der Waals surface area (Å²) in [6, 6.07) is 7.69. The second kappa shape index (κ2) is 7.19. The van der Waals surface area contributed by atoms with Gasteiger partial charge in [-0.1, -0.05) is 30.3 Å². The number of carboxylic acid groups (broad SMARTS) is 1. The molecule has 0 fully saturated rings. The number of aliphatic carboxylic acids is 1. The summed E-state index contributed by atoms with van der Waals surface area (Å²) in [5, 5.41) is 11.3. The van der Waals surface area contributed by atoms with E-state index in [1.54, 1.807) is 24.3 Å². The molecule has 19 heavy (non-hydrogen) atoms. The lowest BCUT2D eigenvalue weighted by Gasteiger charge is -2.18. The Morgan fingerprint density at radius 1 is 1.42 bits per heavy atom. The number of methoxy groups -OCH3 is 1. The second-order valence-corrected chi connectivity index (χ2v) is 3.83. The molecule has 0 aliphatic heterocycles. The van der Waals surface area contributed by atoms with E-state index in [0.717, 1.165) is 0 Å². The quantitative estimate of drug-likeness (QED) is 0.748. The summed E-state index contributed by atoms with van der Waals surface area (Å²) in [6.45, 7) is 0. The standard InChI is InChI=1S/C14H15NO4/c1-3-7-11(14(17)18)15-13(16)12(19-2)10-8-5-4-6-9-10/h1,4-6,8-9,11-12H,7H2,2H3,(H,15,16)(H,17,18)/t11-,12+/m1/s1. The number of amides is 1. The Morgan fingerprint density at radius 3 is 2.53 bits per heavy atom. The highest BCUT2D eigenvalue weighted by Gasteiger charge is 2.25. The van der Waals surface area contributed by atoms with Crippen LogP contribution in [0.15, 0.2) is 30.3 Å². The number of ether oxygens (including phenoxy) is 1. The van der Waals surface area contributed by atoms with Gasteiger partial charge in [-0.3, -0.25) is 4.79 Å². The average Bonchev–Trinajstić information content (AvgIpc) is 2.40. The molecule has 0 radical (unpaired) electrons. The Labute approximate surface area is 111 Å². The fraction of sp³-hybridized carbons (Fsp3) is 0.286. The lowest BCUT2D eigenvalue weighted by molar-refractivity contribution is -0.143. The third-order valence-corrected chi connectivity index (χ3v) is 2.51. The van der Waals surface area contributed by atoms with Gasteiger partial charge in [-0.15, -0.1) is 12.3 Å². The van der Waals surface area contributed by atoms with Crippen molar-refractivity contribution in [1.82, 2.24) is 5.32 Å². The fourth-order valence-electron chi connectivity index (χ4n) is 1.59. The van der Waals surface area contributed by atoms with Crippen molar-refractivity contribution in [3.05, 3.63) is 35.9 Å². The number of hydrogen-bond acceptors (Lipinski definition) is 3. The Bertz CT molecular complexity index is 478. The van der Waals surface area contributed by atoms with Gasteiger partial charge in [-0.25, -0.2) is 4.79 Å². The zero-order chi connectivity index (χ0) is 14.3. The Kier molecular flexibility index (Phi) is 5.58. The van der Waals surface area contributed by atoms with Crippen LogP contribution in [0, 0.1) is 12.3 Å². The third-order valence-electron chi connectivity index (χ3n) is 2.51. The highest BCUT2D eigenvalue weighted by atomic mass is 16.5. The molecular weight excluding hydrogens is 246 g/mol. The van der Waals surface area contributed by atoms with E-state index in [4.69, 9.17) is 16.3 Å². The van der Waals surface area contributed by atoms with E-state index in [1.807, 2.05) is 6.07 Å². The van der Waals surface area contributed by atoms with Crippen LogP contribution in [0.3, 0.4) is 0 Å². The molecule has 0 bridgehead atoms. The first-order valence-corrected chi connectivity index (χ1v) is 5.64. The second-order valence-electron chi connectivity index (χ2n) is 3.83. The molecule has 0 saturated heterocycles.